The molecule has 0 saturated heterocycles. The van der Waals surface area contributed by atoms with Gasteiger partial charge >= 0.3 is 0 Å². The average Bonchev–Trinajstić information content (AvgIpc) is 2.62. The lowest BCUT2D eigenvalue weighted by Crippen LogP contribution is -2.14. The van der Waals surface area contributed by atoms with E-state index in [9.17, 15) is 0 Å². The maximum absolute atomic E-state index is 2.39. The largest absolute Gasteiger partial charge is 0.0839 e. The zero-order valence-corrected chi connectivity index (χ0v) is 16.1. The second-order valence-corrected chi connectivity index (χ2v) is 7.85. The smallest absolute Gasteiger partial charge is 0.0260 e. The maximum atomic E-state index is 2.39. The van der Waals surface area contributed by atoms with E-state index >= 15 is 0 Å². The SMILES string of the molecule is CCCCCC1CCC(CC/C=C\c2ccc(CCC)cc2)CC1. The molecule has 0 aromatic heterocycles. The molecule has 0 heteroatoms. The van der Waals surface area contributed by atoms with Gasteiger partial charge in [-0.05, 0) is 42.2 Å². The Morgan fingerprint density at radius 2 is 1.50 bits per heavy atom. The fraction of sp³-hybridized carbons (Fsp3) is 0.667. The summed E-state index contributed by atoms with van der Waals surface area (Å²) in [6.45, 7) is 4.55. The Kier molecular flexibility index (Phi) is 9.24. The van der Waals surface area contributed by atoms with Crippen LogP contribution in [-0.4, -0.2) is 0 Å². The lowest BCUT2D eigenvalue weighted by molar-refractivity contribution is 0.250. The van der Waals surface area contributed by atoms with Crippen LogP contribution in [0.1, 0.15) is 95.6 Å². The van der Waals surface area contributed by atoms with Crippen molar-refractivity contribution in [3.05, 3.63) is 41.5 Å². The molecule has 134 valence electrons. The van der Waals surface area contributed by atoms with Crippen LogP contribution in [0.3, 0.4) is 0 Å². The predicted octanol–water partition coefficient (Wildman–Crippen LogP) is 7.82. The van der Waals surface area contributed by atoms with Gasteiger partial charge in [-0.15, -0.1) is 0 Å². The minimum absolute atomic E-state index is 0.990. The van der Waals surface area contributed by atoms with Crippen molar-refractivity contribution in [3.63, 3.8) is 0 Å². The summed E-state index contributed by atoms with van der Waals surface area (Å²) >= 11 is 0. The Balaban J connectivity index is 1.60. The van der Waals surface area contributed by atoms with Crippen molar-refractivity contribution in [1.82, 2.24) is 0 Å². The van der Waals surface area contributed by atoms with Gasteiger partial charge in [0.25, 0.3) is 0 Å². The Morgan fingerprint density at radius 1 is 0.833 bits per heavy atom. The van der Waals surface area contributed by atoms with Gasteiger partial charge in [-0.3, -0.25) is 0 Å². The first-order valence-electron chi connectivity index (χ1n) is 10.6. The molecule has 1 aliphatic rings. The monoisotopic (exact) mass is 326 g/mol. The average molecular weight is 327 g/mol. The molecule has 0 atom stereocenters. The molecule has 24 heavy (non-hydrogen) atoms. The van der Waals surface area contributed by atoms with Gasteiger partial charge in [-0.2, -0.15) is 0 Å². The highest BCUT2D eigenvalue weighted by Gasteiger charge is 2.19. The molecule has 0 spiro atoms. The first kappa shape index (κ1) is 19.3. The van der Waals surface area contributed by atoms with E-state index in [1.807, 2.05) is 0 Å². The van der Waals surface area contributed by atoms with E-state index in [2.05, 4.69) is 50.3 Å². The number of benzene rings is 1. The molecule has 1 aliphatic carbocycles. The van der Waals surface area contributed by atoms with E-state index in [0.29, 0.717) is 0 Å². The molecule has 0 bridgehead atoms. The van der Waals surface area contributed by atoms with Crippen LogP contribution < -0.4 is 0 Å². The summed E-state index contributed by atoms with van der Waals surface area (Å²) in [4.78, 5) is 0. The van der Waals surface area contributed by atoms with E-state index in [1.165, 1.54) is 88.2 Å². The predicted molar refractivity (Wildman–Crippen MR) is 108 cm³/mol. The van der Waals surface area contributed by atoms with E-state index in [1.54, 1.807) is 0 Å². The molecule has 1 aromatic carbocycles. The molecule has 1 fully saturated rings. The maximum Gasteiger partial charge on any atom is -0.0260 e. The Labute approximate surface area is 150 Å². The number of aryl methyl sites for hydroxylation is 1. The number of allylic oxidation sites excluding steroid dienone is 1. The van der Waals surface area contributed by atoms with Crippen LogP contribution in [-0.2, 0) is 6.42 Å². The molecular weight excluding hydrogens is 288 g/mol. The highest BCUT2D eigenvalue weighted by molar-refractivity contribution is 5.49. The zero-order chi connectivity index (χ0) is 17.0. The van der Waals surface area contributed by atoms with Crippen LogP contribution in [0.5, 0.6) is 0 Å². The number of unbranched alkanes of at least 4 members (excludes halogenated alkanes) is 2. The minimum atomic E-state index is 0.990. The van der Waals surface area contributed by atoms with E-state index < -0.39 is 0 Å². The van der Waals surface area contributed by atoms with Gasteiger partial charge < -0.3 is 0 Å². The number of hydrogen-bond donors (Lipinski definition) is 0. The zero-order valence-electron chi connectivity index (χ0n) is 16.1. The highest BCUT2D eigenvalue weighted by atomic mass is 14.3. The van der Waals surface area contributed by atoms with E-state index in [-0.39, 0.29) is 0 Å². The first-order chi connectivity index (χ1) is 11.8. The third-order valence-corrected chi connectivity index (χ3v) is 5.75. The molecule has 0 radical (unpaired) electrons. The summed E-state index contributed by atoms with van der Waals surface area (Å²) in [7, 11) is 0. The van der Waals surface area contributed by atoms with Crippen molar-refractivity contribution in [3.8, 4) is 0 Å². The van der Waals surface area contributed by atoms with Crippen molar-refractivity contribution < 1.29 is 0 Å². The van der Waals surface area contributed by atoms with Crippen molar-refractivity contribution >= 4 is 6.08 Å². The Morgan fingerprint density at radius 3 is 2.12 bits per heavy atom. The molecule has 0 amide bonds. The molecule has 0 heterocycles. The lowest BCUT2D eigenvalue weighted by Gasteiger charge is -2.28. The summed E-state index contributed by atoms with van der Waals surface area (Å²) in [5.74, 6) is 2.04. The highest BCUT2D eigenvalue weighted by Crippen LogP contribution is 2.34. The standard InChI is InChI=1S/C24H38/c1-3-5-6-10-22-17-19-24(20-18-22)12-8-7-11-23-15-13-21(9-4-2)14-16-23/h7,11,13-16,22,24H,3-6,8-10,12,17-20H2,1-2H3/b11-7-. The topological polar surface area (TPSA) is 0 Å². The van der Waals surface area contributed by atoms with Crippen LogP contribution in [0, 0.1) is 11.8 Å². The molecule has 1 aromatic rings. The van der Waals surface area contributed by atoms with Gasteiger partial charge in [-0.1, -0.05) is 108 Å². The van der Waals surface area contributed by atoms with Gasteiger partial charge in [0.1, 0.15) is 0 Å². The van der Waals surface area contributed by atoms with Crippen LogP contribution in [0.25, 0.3) is 6.08 Å². The third kappa shape index (κ3) is 7.24. The molecule has 0 N–H and O–H groups in total. The number of rotatable bonds is 10. The molecule has 2 rings (SSSR count). The minimum Gasteiger partial charge on any atom is -0.0839 e. The first-order valence-corrected chi connectivity index (χ1v) is 10.6. The lowest BCUT2D eigenvalue weighted by atomic mass is 9.78. The van der Waals surface area contributed by atoms with Crippen LogP contribution in [0.15, 0.2) is 30.3 Å². The van der Waals surface area contributed by atoms with E-state index in [0.717, 1.165) is 11.8 Å². The normalized spacial score (nSPS) is 21.4. The van der Waals surface area contributed by atoms with Gasteiger partial charge in [0, 0.05) is 0 Å². The summed E-state index contributed by atoms with van der Waals surface area (Å²) in [5.41, 5.74) is 2.82. The Bertz CT molecular complexity index is 445. The molecule has 0 aliphatic heterocycles. The quantitative estimate of drug-likeness (QED) is 0.384. The summed E-state index contributed by atoms with van der Waals surface area (Å²) < 4.78 is 0. The molecular formula is C24H38. The third-order valence-electron chi connectivity index (χ3n) is 5.75. The van der Waals surface area contributed by atoms with Crippen molar-refractivity contribution in [2.75, 3.05) is 0 Å². The van der Waals surface area contributed by atoms with Gasteiger partial charge in [0.2, 0.25) is 0 Å². The fourth-order valence-corrected chi connectivity index (χ4v) is 4.13. The van der Waals surface area contributed by atoms with Crippen molar-refractivity contribution in [2.45, 2.75) is 90.9 Å². The van der Waals surface area contributed by atoms with E-state index in [4.69, 9.17) is 0 Å². The van der Waals surface area contributed by atoms with Crippen molar-refractivity contribution in [1.29, 1.82) is 0 Å². The van der Waals surface area contributed by atoms with Gasteiger partial charge in [-0.25, -0.2) is 0 Å². The van der Waals surface area contributed by atoms with Crippen LogP contribution >= 0.6 is 0 Å². The Hall–Kier alpha value is -1.04. The van der Waals surface area contributed by atoms with Gasteiger partial charge in [0.15, 0.2) is 0 Å². The second kappa shape index (κ2) is 11.5. The summed E-state index contributed by atoms with van der Waals surface area (Å²) in [5, 5.41) is 0. The fourth-order valence-electron chi connectivity index (χ4n) is 4.13. The van der Waals surface area contributed by atoms with Crippen molar-refractivity contribution in [2.24, 2.45) is 11.8 Å². The summed E-state index contributed by atoms with van der Waals surface area (Å²) in [6, 6.07) is 9.10. The van der Waals surface area contributed by atoms with Crippen LogP contribution in [0.2, 0.25) is 0 Å². The van der Waals surface area contributed by atoms with Gasteiger partial charge in [0.05, 0.1) is 0 Å². The molecule has 1 saturated carbocycles. The number of hydrogen-bond acceptors (Lipinski definition) is 0. The van der Waals surface area contributed by atoms with Crippen LogP contribution in [0.4, 0.5) is 0 Å². The second-order valence-electron chi connectivity index (χ2n) is 7.85. The molecule has 0 nitrogen and oxygen atoms in total. The summed E-state index contributed by atoms with van der Waals surface area (Å²) in [6.07, 6.45) is 21.5. The molecule has 0 unspecified atom stereocenters.